The van der Waals surface area contributed by atoms with Crippen molar-refractivity contribution in [2.45, 2.75) is 18.9 Å². The molecule has 1 aromatic rings. The summed E-state index contributed by atoms with van der Waals surface area (Å²) in [6, 6.07) is 2.80. The minimum atomic E-state index is -0.870. The third-order valence-corrected chi connectivity index (χ3v) is 2.33. The monoisotopic (exact) mass is 179 g/mol. The zero-order valence-corrected chi connectivity index (χ0v) is 6.93. The van der Waals surface area contributed by atoms with Crippen LogP contribution in [0.3, 0.4) is 0 Å². The predicted octanol–water partition coefficient (Wildman–Crippen LogP) is 1.09. The fourth-order valence-electron chi connectivity index (χ4n) is 1.68. The molecule has 4 heteroatoms. The maximum absolute atomic E-state index is 11.3. The largest absolute Gasteiger partial charge is 0.480 e. The first-order chi connectivity index (χ1) is 6.20. The van der Waals surface area contributed by atoms with Gasteiger partial charge in [-0.3, -0.25) is 4.79 Å². The van der Waals surface area contributed by atoms with Gasteiger partial charge in [-0.25, -0.2) is 4.79 Å². The molecule has 1 unspecified atom stereocenters. The zero-order chi connectivity index (χ0) is 9.42. The number of rotatable bonds is 1. The fourth-order valence-corrected chi connectivity index (χ4v) is 1.68. The maximum Gasteiger partial charge on any atom is 0.326 e. The number of nitrogens with zero attached hydrogens (tertiary/aromatic N) is 1. The highest BCUT2D eigenvalue weighted by Crippen LogP contribution is 2.24. The van der Waals surface area contributed by atoms with E-state index in [1.807, 2.05) is 0 Å². The second-order valence-electron chi connectivity index (χ2n) is 3.12. The normalized spacial score (nSPS) is 21.2. The van der Waals surface area contributed by atoms with Crippen LogP contribution in [0.2, 0.25) is 0 Å². The van der Waals surface area contributed by atoms with Gasteiger partial charge in [0.1, 0.15) is 6.04 Å². The van der Waals surface area contributed by atoms with Crippen molar-refractivity contribution in [1.82, 2.24) is 4.57 Å². The average molecular weight is 179 g/mol. The van der Waals surface area contributed by atoms with Crippen LogP contribution in [0, 0.1) is 0 Å². The van der Waals surface area contributed by atoms with E-state index in [1.54, 1.807) is 18.3 Å². The lowest BCUT2D eigenvalue weighted by Gasteiger charge is -2.21. The molecule has 0 saturated carbocycles. The number of carboxylic acids is 1. The Hall–Kier alpha value is -1.58. The van der Waals surface area contributed by atoms with E-state index in [0.717, 1.165) is 0 Å². The van der Waals surface area contributed by atoms with Crippen LogP contribution in [0.5, 0.6) is 0 Å². The summed E-state index contributed by atoms with van der Waals surface area (Å²) in [6.07, 6.45) is 2.38. The van der Waals surface area contributed by atoms with Gasteiger partial charge < -0.3 is 9.67 Å². The van der Waals surface area contributed by atoms with Crippen molar-refractivity contribution in [2.75, 3.05) is 0 Å². The van der Waals surface area contributed by atoms with E-state index in [9.17, 15) is 9.59 Å². The highest BCUT2D eigenvalue weighted by atomic mass is 16.4. The molecule has 4 nitrogen and oxygen atoms in total. The Kier molecular flexibility index (Phi) is 1.69. The summed E-state index contributed by atoms with van der Waals surface area (Å²) in [5.41, 5.74) is 0.513. The second kappa shape index (κ2) is 2.73. The van der Waals surface area contributed by atoms with Crippen LogP contribution in [0.4, 0.5) is 0 Å². The summed E-state index contributed by atoms with van der Waals surface area (Å²) in [5, 5.41) is 8.86. The minimum absolute atomic E-state index is 0.0301. The molecular weight excluding hydrogens is 170 g/mol. The Balaban J connectivity index is 2.46. The number of aliphatic carboxylic acids is 1. The van der Waals surface area contributed by atoms with Crippen molar-refractivity contribution in [3.05, 3.63) is 24.0 Å². The number of ketones is 1. The number of carbonyl (C=O) groups excluding carboxylic acids is 1. The number of fused-ring (bicyclic) bond motifs is 1. The lowest BCUT2D eigenvalue weighted by atomic mass is 10.0. The topological polar surface area (TPSA) is 59.3 Å². The summed E-state index contributed by atoms with van der Waals surface area (Å²) < 4.78 is 1.54. The second-order valence-corrected chi connectivity index (χ2v) is 3.12. The van der Waals surface area contributed by atoms with Gasteiger partial charge in [0.2, 0.25) is 0 Å². The lowest BCUT2D eigenvalue weighted by Crippen LogP contribution is -2.27. The first-order valence-electron chi connectivity index (χ1n) is 4.13. The minimum Gasteiger partial charge on any atom is -0.480 e. The molecule has 2 rings (SSSR count). The van der Waals surface area contributed by atoms with Crippen molar-refractivity contribution in [3.63, 3.8) is 0 Å². The Labute approximate surface area is 74.8 Å². The quantitative estimate of drug-likeness (QED) is 0.702. The van der Waals surface area contributed by atoms with Gasteiger partial charge in [-0.15, -0.1) is 0 Å². The number of Topliss-reactive ketones (excluding diaryl/α,β-unsaturated/α-hetero) is 1. The first kappa shape index (κ1) is 8.04. The van der Waals surface area contributed by atoms with Gasteiger partial charge in [0.15, 0.2) is 5.78 Å². The number of carboxylic acid groups (broad SMARTS) is 1. The SMILES string of the molecule is O=C1CCC(C(=O)O)n2cccc21. The van der Waals surface area contributed by atoms with E-state index in [0.29, 0.717) is 18.5 Å². The number of hydrogen-bond donors (Lipinski definition) is 1. The highest BCUT2D eigenvalue weighted by molar-refractivity contribution is 5.96. The molecule has 0 saturated heterocycles. The molecule has 0 spiro atoms. The number of aromatic nitrogens is 1. The molecule has 0 aliphatic carbocycles. The zero-order valence-electron chi connectivity index (χ0n) is 6.93. The van der Waals surface area contributed by atoms with Gasteiger partial charge in [0.05, 0.1) is 5.69 Å². The van der Waals surface area contributed by atoms with Crippen molar-refractivity contribution in [1.29, 1.82) is 0 Å². The molecule has 0 aromatic carbocycles. The molecule has 0 amide bonds. The van der Waals surface area contributed by atoms with Gasteiger partial charge >= 0.3 is 5.97 Å². The van der Waals surface area contributed by atoms with Crippen LogP contribution in [-0.4, -0.2) is 21.4 Å². The van der Waals surface area contributed by atoms with Crippen LogP contribution >= 0.6 is 0 Å². The number of hydrogen-bond acceptors (Lipinski definition) is 2. The van der Waals surface area contributed by atoms with E-state index in [-0.39, 0.29) is 5.78 Å². The van der Waals surface area contributed by atoms with Gasteiger partial charge in [0, 0.05) is 12.6 Å². The van der Waals surface area contributed by atoms with Gasteiger partial charge in [-0.1, -0.05) is 0 Å². The fraction of sp³-hybridized carbons (Fsp3) is 0.333. The molecule has 0 fully saturated rings. The van der Waals surface area contributed by atoms with Crippen molar-refractivity contribution >= 4 is 11.8 Å². The van der Waals surface area contributed by atoms with E-state index in [1.165, 1.54) is 4.57 Å². The lowest BCUT2D eigenvalue weighted by molar-refractivity contribution is -0.141. The van der Waals surface area contributed by atoms with Crippen molar-refractivity contribution in [3.8, 4) is 0 Å². The Bertz CT molecular complexity index is 367. The summed E-state index contributed by atoms with van der Waals surface area (Å²) in [6.45, 7) is 0. The standard InChI is InChI=1S/C9H9NO3/c11-8-4-3-7(9(12)13)10-5-1-2-6(8)10/h1-2,5,7H,3-4H2,(H,12,13). The molecule has 68 valence electrons. The van der Waals surface area contributed by atoms with Gasteiger partial charge in [0.25, 0.3) is 0 Å². The first-order valence-corrected chi connectivity index (χ1v) is 4.13. The van der Waals surface area contributed by atoms with Gasteiger partial charge in [-0.05, 0) is 18.6 Å². The maximum atomic E-state index is 11.3. The summed E-state index contributed by atoms with van der Waals surface area (Å²) >= 11 is 0. The third kappa shape index (κ3) is 1.14. The smallest absolute Gasteiger partial charge is 0.326 e. The molecule has 1 atom stereocenters. The molecule has 0 radical (unpaired) electrons. The van der Waals surface area contributed by atoms with E-state index in [2.05, 4.69) is 0 Å². The molecule has 1 N–H and O–H groups in total. The van der Waals surface area contributed by atoms with Gasteiger partial charge in [-0.2, -0.15) is 0 Å². The van der Waals surface area contributed by atoms with Crippen LogP contribution in [0.25, 0.3) is 0 Å². The highest BCUT2D eigenvalue weighted by Gasteiger charge is 2.28. The molecule has 2 heterocycles. The molecule has 1 aromatic heterocycles. The van der Waals surface area contributed by atoms with Crippen LogP contribution in [0.1, 0.15) is 29.4 Å². The van der Waals surface area contributed by atoms with Crippen LogP contribution < -0.4 is 0 Å². The Morgan fingerprint density at radius 3 is 3.08 bits per heavy atom. The van der Waals surface area contributed by atoms with Crippen molar-refractivity contribution in [2.24, 2.45) is 0 Å². The van der Waals surface area contributed by atoms with Crippen molar-refractivity contribution < 1.29 is 14.7 Å². The van der Waals surface area contributed by atoms with E-state index < -0.39 is 12.0 Å². The Morgan fingerprint density at radius 2 is 2.38 bits per heavy atom. The molecule has 1 aliphatic heterocycles. The van der Waals surface area contributed by atoms with Crippen LogP contribution in [0.15, 0.2) is 18.3 Å². The molecule has 13 heavy (non-hydrogen) atoms. The molecule has 0 bridgehead atoms. The molecule has 1 aliphatic rings. The average Bonchev–Trinajstić information content (AvgIpc) is 2.53. The summed E-state index contributed by atoms with van der Waals surface area (Å²) in [7, 11) is 0. The number of carbonyl (C=O) groups is 2. The van der Waals surface area contributed by atoms with E-state index in [4.69, 9.17) is 5.11 Å². The molecular formula is C9H9NO3. The summed E-state index contributed by atoms with van der Waals surface area (Å²) in [5.74, 6) is -0.840. The predicted molar refractivity (Wildman–Crippen MR) is 44.7 cm³/mol. The third-order valence-electron chi connectivity index (χ3n) is 2.33. The summed E-state index contributed by atoms with van der Waals surface area (Å²) in [4.78, 5) is 22.1. The van der Waals surface area contributed by atoms with E-state index >= 15 is 0 Å². The Morgan fingerprint density at radius 1 is 1.62 bits per heavy atom. The van der Waals surface area contributed by atoms with Crippen LogP contribution in [-0.2, 0) is 4.79 Å².